The van der Waals surface area contributed by atoms with E-state index >= 15 is 0 Å². The third kappa shape index (κ3) is 2.98. The zero-order valence-corrected chi connectivity index (χ0v) is 11.7. The number of hydrogen-bond donors (Lipinski definition) is 1. The molecule has 0 unspecified atom stereocenters. The quantitative estimate of drug-likeness (QED) is 0.936. The lowest BCUT2D eigenvalue weighted by Gasteiger charge is -2.29. The number of carboxylic acid groups (broad SMARTS) is 1. The summed E-state index contributed by atoms with van der Waals surface area (Å²) in [5.74, 6) is -1.13. The van der Waals surface area contributed by atoms with Crippen LogP contribution in [-0.4, -0.2) is 24.3 Å². The minimum absolute atomic E-state index is 0.0546. The van der Waals surface area contributed by atoms with Crippen molar-refractivity contribution in [1.82, 2.24) is 0 Å². The molecule has 0 amide bonds. The third-order valence-corrected chi connectivity index (χ3v) is 4.12. The number of ether oxygens (including phenoxy) is 1. The highest BCUT2D eigenvalue weighted by Gasteiger charge is 2.32. The second-order valence-electron chi connectivity index (χ2n) is 5.40. The van der Waals surface area contributed by atoms with Crippen molar-refractivity contribution >= 4 is 5.97 Å². The largest absolute Gasteiger partial charge is 0.481 e. The van der Waals surface area contributed by atoms with E-state index in [4.69, 9.17) is 4.74 Å². The second-order valence-corrected chi connectivity index (χ2v) is 5.40. The van der Waals surface area contributed by atoms with Gasteiger partial charge in [-0.1, -0.05) is 54.6 Å². The Kier molecular flexibility index (Phi) is 4.02. The first kappa shape index (κ1) is 13.8. The molecule has 0 spiro atoms. The molecule has 0 radical (unpaired) electrons. The SMILES string of the molecule is O=C(O)[C@H]1CCOC[C@@H]1c1ccc(-c2ccccc2)cc1. The summed E-state index contributed by atoms with van der Waals surface area (Å²) in [6, 6.07) is 18.3. The molecule has 0 saturated carbocycles. The highest BCUT2D eigenvalue weighted by Crippen LogP contribution is 2.32. The maximum atomic E-state index is 11.4. The van der Waals surface area contributed by atoms with Crippen LogP contribution in [0.5, 0.6) is 0 Å². The molecule has 108 valence electrons. The molecule has 2 aromatic rings. The van der Waals surface area contributed by atoms with Gasteiger partial charge in [0, 0.05) is 12.5 Å². The summed E-state index contributed by atoms with van der Waals surface area (Å²) in [6.07, 6.45) is 0.584. The van der Waals surface area contributed by atoms with Gasteiger partial charge in [-0.3, -0.25) is 4.79 Å². The van der Waals surface area contributed by atoms with Crippen molar-refractivity contribution in [3.05, 3.63) is 60.2 Å². The summed E-state index contributed by atoms with van der Waals surface area (Å²) >= 11 is 0. The van der Waals surface area contributed by atoms with Crippen LogP contribution in [0.1, 0.15) is 17.9 Å². The lowest BCUT2D eigenvalue weighted by molar-refractivity contribution is -0.146. The van der Waals surface area contributed by atoms with E-state index in [0.29, 0.717) is 19.6 Å². The molecule has 0 bridgehead atoms. The van der Waals surface area contributed by atoms with Crippen LogP contribution in [-0.2, 0) is 9.53 Å². The van der Waals surface area contributed by atoms with Crippen LogP contribution in [0.4, 0.5) is 0 Å². The fourth-order valence-corrected chi connectivity index (χ4v) is 2.92. The summed E-state index contributed by atoms with van der Waals surface area (Å²) in [7, 11) is 0. The van der Waals surface area contributed by atoms with E-state index in [9.17, 15) is 9.90 Å². The van der Waals surface area contributed by atoms with Gasteiger partial charge in [0.05, 0.1) is 12.5 Å². The molecule has 1 aliphatic heterocycles. The topological polar surface area (TPSA) is 46.5 Å². The minimum atomic E-state index is -0.726. The Bertz CT molecular complexity index is 604. The number of aliphatic carboxylic acids is 1. The van der Waals surface area contributed by atoms with Crippen LogP contribution in [0.2, 0.25) is 0 Å². The highest BCUT2D eigenvalue weighted by molar-refractivity contribution is 5.72. The van der Waals surface area contributed by atoms with E-state index < -0.39 is 5.97 Å². The molecule has 3 heteroatoms. The standard InChI is InChI=1S/C18H18O3/c19-18(20)16-10-11-21-12-17(16)15-8-6-14(7-9-15)13-4-2-1-3-5-13/h1-9,16-17H,10-12H2,(H,19,20)/t16-,17+/m0/s1. The maximum Gasteiger partial charge on any atom is 0.307 e. The first-order chi connectivity index (χ1) is 10.3. The first-order valence-electron chi connectivity index (χ1n) is 7.21. The van der Waals surface area contributed by atoms with Crippen LogP contribution in [0.3, 0.4) is 0 Å². The molecule has 1 N–H and O–H groups in total. The zero-order chi connectivity index (χ0) is 14.7. The van der Waals surface area contributed by atoms with E-state index in [1.807, 2.05) is 30.3 Å². The maximum absolute atomic E-state index is 11.4. The van der Waals surface area contributed by atoms with Crippen molar-refractivity contribution in [1.29, 1.82) is 0 Å². The molecule has 0 aliphatic carbocycles. The van der Waals surface area contributed by atoms with Crippen molar-refractivity contribution in [3.8, 4) is 11.1 Å². The average molecular weight is 282 g/mol. The van der Waals surface area contributed by atoms with Crippen LogP contribution < -0.4 is 0 Å². The van der Waals surface area contributed by atoms with Crippen LogP contribution in [0, 0.1) is 5.92 Å². The lowest BCUT2D eigenvalue weighted by atomic mass is 9.83. The van der Waals surface area contributed by atoms with Gasteiger partial charge in [0.25, 0.3) is 0 Å². The van der Waals surface area contributed by atoms with Gasteiger partial charge in [-0.05, 0) is 23.1 Å². The van der Waals surface area contributed by atoms with Crippen molar-refractivity contribution in [2.45, 2.75) is 12.3 Å². The van der Waals surface area contributed by atoms with Crippen molar-refractivity contribution in [2.24, 2.45) is 5.92 Å². The number of carbonyl (C=O) groups is 1. The predicted octanol–water partition coefficient (Wildman–Crippen LogP) is 3.56. The van der Waals surface area contributed by atoms with Gasteiger partial charge < -0.3 is 9.84 Å². The van der Waals surface area contributed by atoms with Gasteiger partial charge in [0.15, 0.2) is 0 Å². The van der Waals surface area contributed by atoms with Crippen molar-refractivity contribution in [2.75, 3.05) is 13.2 Å². The average Bonchev–Trinajstić information content (AvgIpc) is 2.56. The van der Waals surface area contributed by atoms with Gasteiger partial charge in [-0.25, -0.2) is 0 Å². The van der Waals surface area contributed by atoms with Gasteiger partial charge in [0.1, 0.15) is 0 Å². The molecule has 1 heterocycles. The zero-order valence-electron chi connectivity index (χ0n) is 11.7. The molecule has 1 fully saturated rings. The van der Waals surface area contributed by atoms with Crippen LogP contribution in [0.15, 0.2) is 54.6 Å². The fraction of sp³-hybridized carbons (Fsp3) is 0.278. The molecule has 3 rings (SSSR count). The molecule has 2 atom stereocenters. The van der Waals surface area contributed by atoms with Gasteiger partial charge in [-0.2, -0.15) is 0 Å². The Morgan fingerprint density at radius 1 is 1.00 bits per heavy atom. The number of benzene rings is 2. The normalized spacial score (nSPS) is 21.9. The predicted molar refractivity (Wildman–Crippen MR) is 81.2 cm³/mol. The Morgan fingerprint density at radius 2 is 1.67 bits per heavy atom. The summed E-state index contributed by atoms with van der Waals surface area (Å²) in [6.45, 7) is 1.03. The molecule has 21 heavy (non-hydrogen) atoms. The summed E-state index contributed by atoms with van der Waals surface area (Å²) in [4.78, 5) is 11.4. The summed E-state index contributed by atoms with van der Waals surface area (Å²) < 4.78 is 5.47. The fourth-order valence-electron chi connectivity index (χ4n) is 2.92. The monoisotopic (exact) mass is 282 g/mol. The van der Waals surface area contributed by atoms with Gasteiger partial charge >= 0.3 is 5.97 Å². The Balaban J connectivity index is 1.85. The Labute approximate surface area is 124 Å². The molecule has 1 aliphatic rings. The highest BCUT2D eigenvalue weighted by atomic mass is 16.5. The first-order valence-corrected chi connectivity index (χ1v) is 7.21. The van der Waals surface area contributed by atoms with E-state index in [-0.39, 0.29) is 11.8 Å². The minimum Gasteiger partial charge on any atom is -0.481 e. The number of carboxylic acids is 1. The van der Waals surface area contributed by atoms with Crippen LogP contribution in [0.25, 0.3) is 11.1 Å². The Hall–Kier alpha value is -2.13. The number of rotatable bonds is 3. The van der Waals surface area contributed by atoms with E-state index in [1.54, 1.807) is 0 Å². The smallest absolute Gasteiger partial charge is 0.307 e. The van der Waals surface area contributed by atoms with E-state index in [0.717, 1.165) is 11.1 Å². The van der Waals surface area contributed by atoms with Gasteiger partial charge in [-0.15, -0.1) is 0 Å². The van der Waals surface area contributed by atoms with Gasteiger partial charge in [0.2, 0.25) is 0 Å². The van der Waals surface area contributed by atoms with Crippen molar-refractivity contribution in [3.63, 3.8) is 0 Å². The Morgan fingerprint density at radius 3 is 2.33 bits per heavy atom. The summed E-state index contributed by atoms with van der Waals surface area (Å²) in [5, 5.41) is 9.35. The van der Waals surface area contributed by atoms with E-state index in [1.165, 1.54) is 5.56 Å². The molecule has 1 saturated heterocycles. The third-order valence-electron chi connectivity index (χ3n) is 4.12. The summed E-state index contributed by atoms with van der Waals surface area (Å²) in [5.41, 5.74) is 3.35. The molecule has 3 nitrogen and oxygen atoms in total. The molecular formula is C18H18O3. The second kappa shape index (κ2) is 6.10. The molecule has 0 aromatic heterocycles. The van der Waals surface area contributed by atoms with E-state index in [2.05, 4.69) is 24.3 Å². The van der Waals surface area contributed by atoms with Crippen molar-refractivity contribution < 1.29 is 14.6 Å². The molecule has 2 aromatic carbocycles. The lowest BCUT2D eigenvalue weighted by Crippen LogP contribution is -2.31. The van der Waals surface area contributed by atoms with Crippen LogP contribution >= 0.6 is 0 Å². The number of hydrogen-bond acceptors (Lipinski definition) is 2. The molecular weight excluding hydrogens is 264 g/mol.